The van der Waals surface area contributed by atoms with E-state index in [1.54, 1.807) is 6.07 Å². The normalized spacial score (nSPS) is 11.6. The van der Waals surface area contributed by atoms with Gasteiger partial charge in [-0.3, -0.25) is 10.1 Å². The van der Waals surface area contributed by atoms with Crippen molar-refractivity contribution in [2.24, 2.45) is 0 Å². The molecule has 1 atom stereocenters. The van der Waals surface area contributed by atoms with E-state index in [2.05, 4.69) is 6.07 Å². The molecular weight excluding hydrogens is 220 g/mol. The highest BCUT2D eigenvalue weighted by atomic mass is 16.6. The van der Waals surface area contributed by atoms with Gasteiger partial charge in [0.25, 0.3) is 5.69 Å². The van der Waals surface area contributed by atoms with Crippen molar-refractivity contribution in [2.75, 3.05) is 7.11 Å². The van der Waals surface area contributed by atoms with E-state index in [1.807, 2.05) is 6.92 Å². The van der Waals surface area contributed by atoms with Gasteiger partial charge in [-0.15, -0.1) is 0 Å². The fraction of sp³-hybridized carbons (Fsp3) is 0.417. The molecule has 0 spiro atoms. The predicted octanol–water partition coefficient (Wildman–Crippen LogP) is 3.01. The number of hydrogen-bond donors (Lipinski definition) is 0. The maximum Gasteiger partial charge on any atom is 0.274 e. The molecule has 1 rings (SSSR count). The van der Waals surface area contributed by atoms with E-state index in [9.17, 15) is 10.1 Å². The van der Waals surface area contributed by atoms with Gasteiger partial charge in [-0.25, -0.2) is 0 Å². The number of ether oxygens (including phenoxy) is 1. The Labute approximate surface area is 99.8 Å². The molecule has 0 N–H and O–H groups in total. The Hall–Kier alpha value is -2.09. The fourth-order valence-corrected chi connectivity index (χ4v) is 1.68. The lowest BCUT2D eigenvalue weighted by atomic mass is 9.94. The summed E-state index contributed by atoms with van der Waals surface area (Å²) in [5, 5.41) is 20.0. The molecule has 0 heterocycles. The summed E-state index contributed by atoms with van der Waals surface area (Å²) in [5.41, 5.74) is 0.407. The van der Waals surface area contributed by atoms with Gasteiger partial charge in [0.2, 0.25) is 0 Å². The van der Waals surface area contributed by atoms with E-state index in [0.29, 0.717) is 17.7 Å². The lowest BCUT2D eigenvalue weighted by Crippen LogP contribution is -2.02. The maximum atomic E-state index is 10.9. The Morgan fingerprint density at radius 2 is 2.29 bits per heavy atom. The van der Waals surface area contributed by atoms with Crippen molar-refractivity contribution in [3.63, 3.8) is 0 Å². The molecule has 0 aliphatic rings. The summed E-state index contributed by atoms with van der Waals surface area (Å²) in [4.78, 5) is 10.4. The molecule has 90 valence electrons. The number of hydrogen-bond acceptors (Lipinski definition) is 4. The van der Waals surface area contributed by atoms with Crippen LogP contribution in [0, 0.1) is 21.4 Å². The Morgan fingerprint density at radius 1 is 1.59 bits per heavy atom. The average molecular weight is 234 g/mol. The Morgan fingerprint density at radius 3 is 2.76 bits per heavy atom. The topological polar surface area (TPSA) is 76.2 Å². The van der Waals surface area contributed by atoms with Crippen LogP contribution in [0.2, 0.25) is 0 Å². The first-order chi connectivity index (χ1) is 8.13. The molecule has 0 aliphatic heterocycles. The SMILES string of the molecule is CCCC(C#N)c1cc(OC)ccc1[N+](=O)[O-]. The van der Waals surface area contributed by atoms with Gasteiger partial charge >= 0.3 is 0 Å². The zero-order valence-corrected chi connectivity index (χ0v) is 9.84. The Kier molecular flexibility index (Phi) is 4.46. The van der Waals surface area contributed by atoms with Gasteiger partial charge in [0.15, 0.2) is 0 Å². The molecule has 0 radical (unpaired) electrons. The minimum absolute atomic E-state index is 0.0224. The number of nitrogens with zero attached hydrogens (tertiary/aromatic N) is 2. The van der Waals surface area contributed by atoms with Crippen LogP contribution in [0.5, 0.6) is 5.75 Å². The van der Waals surface area contributed by atoms with E-state index in [1.165, 1.54) is 19.2 Å². The highest BCUT2D eigenvalue weighted by Crippen LogP contribution is 2.32. The van der Waals surface area contributed by atoms with Crippen molar-refractivity contribution >= 4 is 5.69 Å². The summed E-state index contributed by atoms with van der Waals surface area (Å²) in [6.45, 7) is 1.94. The highest BCUT2D eigenvalue weighted by Gasteiger charge is 2.22. The minimum atomic E-state index is -0.464. The molecule has 0 aromatic heterocycles. The molecule has 0 saturated carbocycles. The van der Waals surface area contributed by atoms with Crippen LogP contribution in [0.15, 0.2) is 18.2 Å². The number of benzene rings is 1. The molecule has 17 heavy (non-hydrogen) atoms. The molecule has 0 bridgehead atoms. The maximum absolute atomic E-state index is 10.9. The summed E-state index contributed by atoms with van der Waals surface area (Å²) in [7, 11) is 1.49. The van der Waals surface area contributed by atoms with Crippen LogP contribution < -0.4 is 4.74 Å². The van der Waals surface area contributed by atoms with E-state index in [4.69, 9.17) is 10.00 Å². The first-order valence-electron chi connectivity index (χ1n) is 5.36. The van der Waals surface area contributed by atoms with Crippen LogP contribution in [-0.2, 0) is 0 Å². The van der Waals surface area contributed by atoms with Crippen LogP contribution in [0.3, 0.4) is 0 Å². The van der Waals surface area contributed by atoms with E-state index in [-0.39, 0.29) is 5.69 Å². The van der Waals surface area contributed by atoms with Gasteiger partial charge < -0.3 is 4.74 Å². The van der Waals surface area contributed by atoms with Gasteiger partial charge in [-0.2, -0.15) is 5.26 Å². The molecule has 1 aromatic rings. The largest absolute Gasteiger partial charge is 0.497 e. The zero-order valence-electron chi connectivity index (χ0n) is 9.84. The third kappa shape index (κ3) is 2.94. The minimum Gasteiger partial charge on any atom is -0.497 e. The van der Waals surface area contributed by atoms with Gasteiger partial charge in [0.05, 0.1) is 29.6 Å². The number of rotatable bonds is 5. The molecule has 0 saturated heterocycles. The fourth-order valence-electron chi connectivity index (χ4n) is 1.68. The molecule has 5 nitrogen and oxygen atoms in total. The number of nitro benzene ring substituents is 1. The lowest BCUT2D eigenvalue weighted by molar-refractivity contribution is -0.385. The molecule has 1 aromatic carbocycles. The van der Waals surface area contributed by atoms with Crippen LogP contribution in [0.4, 0.5) is 5.69 Å². The standard InChI is InChI=1S/C12H14N2O3/c1-3-4-9(8-13)11-7-10(17-2)5-6-12(11)14(15)16/h5-7,9H,3-4H2,1-2H3. The van der Waals surface area contributed by atoms with E-state index in [0.717, 1.165) is 6.42 Å². The number of nitro groups is 1. The van der Waals surface area contributed by atoms with Crippen molar-refractivity contribution in [3.8, 4) is 11.8 Å². The van der Waals surface area contributed by atoms with E-state index >= 15 is 0 Å². The zero-order chi connectivity index (χ0) is 12.8. The van der Waals surface area contributed by atoms with Crippen LogP contribution in [-0.4, -0.2) is 12.0 Å². The predicted molar refractivity (Wildman–Crippen MR) is 62.9 cm³/mol. The third-order valence-corrected chi connectivity index (χ3v) is 2.54. The van der Waals surface area contributed by atoms with E-state index < -0.39 is 10.8 Å². The summed E-state index contributed by atoms with van der Waals surface area (Å²) in [5.74, 6) is 0.0671. The molecule has 0 amide bonds. The van der Waals surface area contributed by atoms with Gasteiger partial charge in [0, 0.05) is 6.07 Å². The quantitative estimate of drug-likeness (QED) is 0.579. The number of methoxy groups -OCH3 is 1. The van der Waals surface area contributed by atoms with Crippen molar-refractivity contribution in [2.45, 2.75) is 25.7 Å². The van der Waals surface area contributed by atoms with Crippen LogP contribution in [0.1, 0.15) is 31.2 Å². The molecule has 1 unspecified atom stereocenters. The lowest BCUT2D eigenvalue weighted by Gasteiger charge is -2.10. The molecule has 5 heteroatoms. The first-order valence-corrected chi connectivity index (χ1v) is 5.36. The molecule has 0 fully saturated rings. The average Bonchev–Trinajstić information content (AvgIpc) is 2.35. The Bertz CT molecular complexity index is 452. The van der Waals surface area contributed by atoms with Gasteiger partial charge in [-0.05, 0) is 18.6 Å². The highest BCUT2D eigenvalue weighted by molar-refractivity contribution is 5.49. The Balaban J connectivity index is 3.25. The van der Waals surface area contributed by atoms with Gasteiger partial charge in [0.1, 0.15) is 5.75 Å². The second kappa shape index (κ2) is 5.85. The first kappa shape index (κ1) is 13.0. The summed E-state index contributed by atoms with van der Waals surface area (Å²) < 4.78 is 5.03. The van der Waals surface area contributed by atoms with Crippen LogP contribution >= 0.6 is 0 Å². The van der Waals surface area contributed by atoms with Crippen LogP contribution in [0.25, 0.3) is 0 Å². The smallest absolute Gasteiger partial charge is 0.274 e. The van der Waals surface area contributed by atoms with Crippen molar-refractivity contribution in [3.05, 3.63) is 33.9 Å². The summed E-state index contributed by atoms with van der Waals surface area (Å²) in [6, 6.07) is 6.59. The monoisotopic (exact) mass is 234 g/mol. The summed E-state index contributed by atoms with van der Waals surface area (Å²) in [6.07, 6.45) is 1.40. The number of nitriles is 1. The molecular formula is C12H14N2O3. The second-order valence-electron chi connectivity index (χ2n) is 3.65. The third-order valence-electron chi connectivity index (χ3n) is 2.54. The second-order valence-corrected chi connectivity index (χ2v) is 3.65. The summed E-state index contributed by atoms with van der Waals surface area (Å²) >= 11 is 0. The van der Waals surface area contributed by atoms with Crippen molar-refractivity contribution in [1.82, 2.24) is 0 Å². The van der Waals surface area contributed by atoms with Crippen molar-refractivity contribution < 1.29 is 9.66 Å². The van der Waals surface area contributed by atoms with Gasteiger partial charge in [-0.1, -0.05) is 13.3 Å². The van der Waals surface area contributed by atoms with Crippen molar-refractivity contribution in [1.29, 1.82) is 5.26 Å². The molecule has 0 aliphatic carbocycles.